The Balaban J connectivity index is 2.16. The number of nitrogens with two attached hydrogens (primary N) is 1. The predicted octanol–water partition coefficient (Wildman–Crippen LogP) is 1.83. The fourth-order valence-corrected chi connectivity index (χ4v) is 2.77. The van der Waals surface area contributed by atoms with E-state index in [-0.39, 0.29) is 18.0 Å². The van der Waals surface area contributed by atoms with E-state index in [0.29, 0.717) is 0 Å². The smallest absolute Gasteiger partial charge is 0.240 e. The monoisotopic (exact) mass is 249 g/mol. The molecule has 2 N–H and O–H groups in total. The third-order valence-corrected chi connectivity index (χ3v) is 3.89. The number of carbonyl (C=O) groups excluding carboxylic acids is 1. The zero-order valence-electron chi connectivity index (χ0n) is 11.5. The Labute approximate surface area is 109 Å². The molecule has 0 saturated heterocycles. The molecule has 100 valence electrons. The highest BCUT2D eigenvalue weighted by molar-refractivity contribution is 5.82. The van der Waals surface area contributed by atoms with Crippen LogP contribution in [0.1, 0.15) is 44.1 Å². The summed E-state index contributed by atoms with van der Waals surface area (Å²) in [5.41, 5.74) is 8.43. The average Bonchev–Trinajstić information content (AvgIpc) is 2.72. The van der Waals surface area contributed by atoms with Crippen LogP contribution in [0.15, 0.2) is 12.1 Å². The van der Waals surface area contributed by atoms with Crippen LogP contribution in [0.3, 0.4) is 0 Å². The summed E-state index contributed by atoms with van der Waals surface area (Å²) in [7, 11) is 0. The van der Waals surface area contributed by atoms with Crippen molar-refractivity contribution in [2.24, 2.45) is 5.73 Å². The van der Waals surface area contributed by atoms with Gasteiger partial charge in [0, 0.05) is 24.5 Å². The first kappa shape index (κ1) is 13.1. The van der Waals surface area contributed by atoms with E-state index in [9.17, 15) is 4.79 Å². The van der Waals surface area contributed by atoms with Gasteiger partial charge >= 0.3 is 0 Å². The van der Waals surface area contributed by atoms with Gasteiger partial charge in [0.05, 0.1) is 12.1 Å². The van der Waals surface area contributed by atoms with Gasteiger partial charge in [0.2, 0.25) is 5.91 Å². The maximum absolute atomic E-state index is 12.3. The minimum atomic E-state index is -0.347. The molecule has 4 heteroatoms. The van der Waals surface area contributed by atoms with Gasteiger partial charge < -0.3 is 15.2 Å². The maximum atomic E-state index is 12.3. The van der Waals surface area contributed by atoms with Crippen LogP contribution in [0.5, 0.6) is 0 Å². The minimum absolute atomic E-state index is 0.0921. The summed E-state index contributed by atoms with van der Waals surface area (Å²) in [6, 6.07) is 4.01. The summed E-state index contributed by atoms with van der Waals surface area (Å²) in [5, 5.41) is 0. The molecular formula is C14H23N3O. The Morgan fingerprint density at radius 1 is 1.50 bits per heavy atom. The summed E-state index contributed by atoms with van der Waals surface area (Å²) in [6.07, 6.45) is 1.71. The van der Waals surface area contributed by atoms with E-state index in [1.54, 1.807) is 0 Å². The van der Waals surface area contributed by atoms with Gasteiger partial charge in [-0.05, 0) is 32.4 Å². The van der Waals surface area contributed by atoms with Gasteiger partial charge in [0.15, 0.2) is 0 Å². The number of nitrogens with zero attached hydrogens (tertiary/aromatic N) is 2. The number of carbonyl (C=O) groups is 1. The Morgan fingerprint density at radius 3 is 2.89 bits per heavy atom. The van der Waals surface area contributed by atoms with Crippen LogP contribution in [0.4, 0.5) is 0 Å². The van der Waals surface area contributed by atoms with E-state index in [4.69, 9.17) is 5.73 Å². The molecule has 0 aliphatic carbocycles. The lowest BCUT2D eigenvalue weighted by molar-refractivity contribution is -0.136. The Kier molecular flexibility index (Phi) is 3.76. The van der Waals surface area contributed by atoms with Crippen LogP contribution >= 0.6 is 0 Å². The molecule has 0 spiro atoms. The molecule has 1 aromatic heterocycles. The molecule has 1 amide bonds. The molecule has 2 unspecified atom stereocenters. The van der Waals surface area contributed by atoms with E-state index < -0.39 is 0 Å². The van der Waals surface area contributed by atoms with Crippen molar-refractivity contribution in [3.63, 3.8) is 0 Å². The summed E-state index contributed by atoms with van der Waals surface area (Å²) in [5.74, 6) is 0.0921. The highest BCUT2D eigenvalue weighted by atomic mass is 16.2. The lowest BCUT2D eigenvalue weighted by atomic mass is 10.1. The highest BCUT2D eigenvalue weighted by Crippen LogP contribution is 2.27. The second kappa shape index (κ2) is 5.14. The highest BCUT2D eigenvalue weighted by Gasteiger charge is 2.30. The van der Waals surface area contributed by atoms with E-state index in [1.807, 2.05) is 4.90 Å². The molecule has 1 aliphatic rings. The van der Waals surface area contributed by atoms with Crippen LogP contribution < -0.4 is 5.73 Å². The summed E-state index contributed by atoms with van der Waals surface area (Å²) in [6.45, 7) is 7.89. The van der Waals surface area contributed by atoms with Crippen molar-refractivity contribution in [3.05, 3.63) is 23.5 Å². The van der Waals surface area contributed by atoms with Crippen molar-refractivity contribution in [2.45, 2.75) is 52.2 Å². The maximum Gasteiger partial charge on any atom is 0.240 e. The van der Waals surface area contributed by atoms with Gasteiger partial charge in [-0.2, -0.15) is 0 Å². The third-order valence-electron chi connectivity index (χ3n) is 3.89. The summed E-state index contributed by atoms with van der Waals surface area (Å²) in [4.78, 5) is 14.2. The van der Waals surface area contributed by atoms with Crippen molar-refractivity contribution in [3.8, 4) is 0 Å². The molecule has 0 radical (unpaired) electrons. The number of fused-ring (bicyclic) bond motifs is 1. The van der Waals surface area contributed by atoms with Crippen LogP contribution in [0.2, 0.25) is 0 Å². The molecule has 2 heterocycles. The average molecular weight is 249 g/mol. The van der Waals surface area contributed by atoms with E-state index in [2.05, 4.69) is 37.5 Å². The normalized spacial score (nSPS) is 20.7. The molecule has 2 rings (SSSR count). The molecule has 2 atom stereocenters. The molecule has 0 saturated carbocycles. The van der Waals surface area contributed by atoms with Gasteiger partial charge in [-0.15, -0.1) is 0 Å². The van der Waals surface area contributed by atoms with Crippen molar-refractivity contribution in [1.82, 2.24) is 9.47 Å². The second-order valence-corrected chi connectivity index (χ2v) is 5.15. The third kappa shape index (κ3) is 2.17. The minimum Gasteiger partial charge on any atom is -0.345 e. The van der Waals surface area contributed by atoms with Crippen LogP contribution in [-0.4, -0.2) is 28.0 Å². The summed E-state index contributed by atoms with van der Waals surface area (Å²) >= 11 is 0. The standard InChI is InChI=1S/C14H23N3O/c1-4-5-12(15)14(18)17-9-8-16-10(2)6-7-13(16)11(17)3/h6-7,11-12H,4-5,8-9,15H2,1-3H3. The van der Waals surface area contributed by atoms with Gasteiger partial charge in [-0.3, -0.25) is 4.79 Å². The molecule has 0 bridgehead atoms. The largest absolute Gasteiger partial charge is 0.345 e. The molecular weight excluding hydrogens is 226 g/mol. The number of amides is 1. The van der Waals surface area contributed by atoms with Gasteiger partial charge in [-0.25, -0.2) is 0 Å². The molecule has 0 aromatic carbocycles. The zero-order valence-corrected chi connectivity index (χ0v) is 11.5. The molecule has 1 aliphatic heterocycles. The Morgan fingerprint density at radius 2 is 2.22 bits per heavy atom. The topological polar surface area (TPSA) is 51.3 Å². The Hall–Kier alpha value is -1.29. The molecule has 4 nitrogen and oxygen atoms in total. The van der Waals surface area contributed by atoms with Gasteiger partial charge in [0.1, 0.15) is 0 Å². The Bertz CT molecular complexity index is 438. The quantitative estimate of drug-likeness (QED) is 0.888. The SMILES string of the molecule is CCCC(N)C(=O)N1CCn2c(C)ccc2C1C. The van der Waals surface area contributed by atoms with E-state index in [0.717, 1.165) is 25.9 Å². The van der Waals surface area contributed by atoms with Crippen molar-refractivity contribution < 1.29 is 4.79 Å². The first-order valence-electron chi connectivity index (χ1n) is 6.78. The fourth-order valence-electron chi connectivity index (χ4n) is 2.77. The first-order valence-corrected chi connectivity index (χ1v) is 6.78. The van der Waals surface area contributed by atoms with Crippen LogP contribution in [0.25, 0.3) is 0 Å². The van der Waals surface area contributed by atoms with Crippen molar-refractivity contribution in [2.75, 3.05) is 6.54 Å². The van der Waals surface area contributed by atoms with Gasteiger partial charge in [-0.1, -0.05) is 13.3 Å². The molecule has 1 aromatic rings. The number of hydrogen-bond donors (Lipinski definition) is 1. The van der Waals surface area contributed by atoms with Gasteiger partial charge in [0.25, 0.3) is 0 Å². The first-order chi connectivity index (χ1) is 8.56. The second-order valence-electron chi connectivity index (χ2n) is 5.15. The zero-order chi connectivity index (χ0) is 13.3. The number of hydrogen-bond acceptors (Lipinski definition) is 2. The molecule has 18 heavy (non-hydrogen) atoms. The lowest BCUT2D eigenvalue weighted by Gasteiger charge is -2.36. The van der Waals surface area contributed by atoms with E-state index >= 15 is 0 Å². The molecule has 0 fully saturated rings. The van der Waals surface area contributed by atoms with Crippen molar-refractivity contribution >= 4 is 5.91 Å². The summed E-state index contributed by atoms with van der Waals surface area (Å²) < 4.78 is 2.29. The number of rotatable bonds is 3. The fraction of sp³-hybridized carbons (Fsp3) is 0.643. The van der Waals surface area contributed by atoms with Crippen molar-refractivity contribution in [1.29, 1.82) is 0 Å². The van der Waals surface area contributed by atoms with E-state index in [1.165, 1.54) is 11.4 Å². The van der Waals surface area contributed by atoms with Crippen LogP contribution in [0, 0.1) is 6.92 Å². The lowest BCUT2D eigenvalue weighted by Crippen LogP contribution is -2.48. The number of aromatic nitrogens is 1. The number of aryl methyl sites for hydroxylation is 1. The van der Waals surface area contributed by atoms with Crippen LogP contribution in [-0.2, 0) is 11.3 Å². The predicted molar refractivity (Wildman–Crippen MR) is 72.2 cm³/mol.